The Morgan fingerprint density at radius 1 is 1.59 bits per heavy atom. The number of likely N-dealkylation sites (tertiary alicyclic amines) is 1. The van der Waals surface area contributed by atoms with Crippen molar-refractivity contribution in [2.24, 2.45) is 0 Å². The number of likely N-dealkylation sites (N-methyl/N-ethyl adjacent to an activating group) is 2. The standard InChI is InChI=1S/C13H26N2O2/c1-4-15-9-5-6-12(15)10-14(3)11(2)7-8-13(16)17/h11-12H,4-10H2,1-3H3,(H,16,17). The smallest absolute Gasteiger partial charge is 0.303 e. The maximum atomic E-state index is 10.5. The van der Waals surface area contributed by atoms with E-state index in [1.807, 2.05) is 0 Å². The fourth-order valence-corrected chi connectivity index (χ4v) is 2.58. The van der Waals surface area contributed by atoms with Gasteiger partial charge in [-0.05, 0) is 46.3 Å². The van der Waals surface area contributed by atoms with Gasteiger partial charge < -0.3 is 10.0 Å². The first-order chi connectivity index (χ1) is 8.04. The number of aliphatic carboxylic acids is 1. The molecular weight excluding hydrogens is 216 g/mol. The van der Waals surface area contributed by atoms with Crippen molar-refractivity contribution in [2.45, 2.75) is 51.6 Å². The van der Waals surface area contributed by atoms with Crippen LogP contribution in [0.2, 0.25) is 0 Å². The summed E-state index contributed by atoms with van der Waals surface area (Å²) in [4.78, 5) is 15.4. The molecule has 1 rings (SSSR count). The SMILES string of the molecule is CCN1CCCC1CN(C)C(C)CCC(=O)O. The number of rotatable bonds is 7. The second-order valence-corrected chi connectivity index (χ2v) is 5.15. The molecule has 100 valence electrons. The monoisotopic (exact) mass is 242 g/mol. The predicted octanol–water partition coefficient (Wildman–Crippen LogP) is 1.66. The zero-order valence-electron chi connectivity index (χ0n) is 11.4. The lowest BCUT2D eigenvalue weighted by molar-refractivity contribution is -0.137. The van der Waals surface area contributed by atoms with E-state index in [-0.39, 0.29) is 6.42 Å². The Kier molecular flexibility index (Phi) is 5.92. The zero-order valence-corrected chi connectivity index (χ0v) is 11.4. The molecule has 2 atom stereocenters. The molecule has 0 aliphatic carbocycles. The second kappa shape index (κ2) is 6.97. The van der Waals surface area contributed by atoms with Gasteiger partial charge in [-0.15, -0.1) is 0 Å². The minimum absolute atomic E-state index is 0.271. The van der Waals surface area contributed by atoms with Crippen LogP contribution in [0.3, 0.4) is 0 Å². The van der Waals surface area contributed by atoms with Crippen LogP contribution in [0.4, 0.5) is 0 Å². The van der Waals surface area contributed by atoms with Crippen molar-refractivity contribution < 1.29 is 9.90 Å². The second-order valence-electron chi connectivity index (χ2n) is 5.15. The topological polar surface area (TPSA) is 43.8 Å². The van der Waals surface area contributed by atoms with Gasteiger partial charge >= 0.3 is 5.97 Å². The number of hydrogen-bond donors (Lipinski definition) is 1. The van der Waals surface area contributed by atoms with Gasteiger partial charge in [-0.1, -0.05) is 6.92 Å². The minimum atomic E-state index is -0.693. The van der Waals surface area contributed by atoms with Gasteiger partial charge in [-0.2, -0.15) is 0 Å². The number of carboxylic acid groups (broad SMARTS) is 1. The molecular formula is C13H26N2O2. The number of nitrogens with zero attached hydrogens (tertiary/aromatic N) is 2. The third-order valence-electron chi connectivity index (χ3n) is 3.93. The van der Waals surface area contributed by atoms with E-state index in [4.69, 9.17) is 5.11 Å². The van der Waals surface area contributed by atoms with Crippen LogP contribution in [-0.4, -0.2) is 59.6 Å². The zero-order chi connectivity index (χ0) is 12.8. The maximum absolute atomic E-state index is 10.5. The number of carbonyl (C=O) groups is 1. The molecule has 1 N–H and O–H groups in total. The predicted molar refractivity (Wildman–Crippen MR) is 69.2 cm³/mol. The lowest BCUT2D eigenvalue weighted by Crippen LogP contribution is -2.42. The highest BCUT2D eigenvalue weighted by Gasteiger charge is 2.25. The highest BCUT2D eigenvalue weighted by atomic mass is 16.4. The number of carboxylic acids is 1. The van der Waals surface area contributed by atoms with E-state index in [1.165, 1.54) is 19.4 Å². The van der Waals surface area contributed by atoms with Crippen molar-refractivity contribution in [3.05, 3.63) is 0 Å². The molecule has 4 heteroatoms. The molecule has 1 aliphatic heterocycles. The normalized spacial score (nSPS) is 23.2. The Hall–Kier alpha value is -0.610. The van der Waals surface area contributed by atoms with Gasteiger partial charge in [0.05, 0.1) is 0 Å². The highest BCUT2D eigenvalue weighted by molar-refractivity contribution is 5.66. The van der Waals surface area contributed by atoms with Gasteiger partial charge in [0, 0.05) is 25.0 Å². The third-order valence-corrected chi connectivity index (χ3v) is 3.93. The molecule has 17 heavy (non-hydrogen) atoms. The largest absolute Gasteiger partial charge is 0.481 e. The van der Waals surface area contributed by atoms with Crippen molar-refractivity contribution in [3.8, 4) is 0 Å². The summed E-state index contributed by atoms with van der Waals surface area (Å²) in [5.74, 6) is -0.693. The van der Waals surface area contributed by atoms with Gasteiger partial charge in [-0.25, -0.2) is 0 Å². The van der Waals surface area contributed by atoms with Crippen LogP contribution in [0, 0.1) is 0 Å². The van der Waals surface area contributed by atoms with Crippen LogP contribution in [0.15, 0.2) is 0 Å². The van der Waals surface area contributed by atoms with Crippen molar-refractivity contribution in [1.29, 1.82) is 0 Å². The lowest BCUT2D eigenvalue weighted by Gasteiger charge is -2.31. The summed E-state index contributed by atoms with van der Waals surface area (Å²) in [6.45, 7) is 7.75. The lowest BCUT2D eigenvalue weighted by atomic mass is 10.1. The summed E-state index contributed by atoms with van der Waals surface area (Å²) < 4.78 is 0. The van der Waals surface area contributed by atoms with E-state index >= 15 is 0 Å². The van der Waals surface area contributed by atoms with E-state index in [0.717, 1.165) is 19.5 Å². The molecule has 1 aliphatic rings. The Morgan fingerprint density at radius 2 is 2.29 bits per heavy atom. The Balaban J connectivity index is 2.31. The summed E-state index contributed by atoms with van der Waals surface area (Å²) in [5.41, 5.74) is 0. The van der Waals surface area contributed by atoms with Crippen molar-refractivity contribution >= 4 is 5.97 Å². The fourth-order valence-electron chi connectivity index (χ4n) is 2.58. The van der Waals surface area contributed by atoms with E-state index in [0.29, 0.717) is 12.1 Å². The molecule has 1 saturated heterocycles. The first kappa shape index (κ1) is 14.5. The van der Waals surface area contributed by atoms with Crippen LogP contribution in [0.5, 0.6) is 0 Å². The Labute approximate surface area is 105 Å². The molecule has 0 saturated carbocycles. The molecule has 1 heterocycles. The van der Waals surface area contributed by atoms with E-state index in [1.54, 1.807) is 0 Å². The van der Waals surface area contributed by atoms with Crippen LogP contribution < -0.4 is 0 Å². The summed E-state index contributed by atoms with van der Waals surface area (Å²) in [6.07, 6.45) is 3.60. The first-order valence-corrected chi connectivity index (χ1v) is 6.70. The van der Waals surface area contributed by atoms with Crippen LogP contribution in [-0.2, 0) is 4.79 Å². The summed E-state index contributed by atoms with van der Waals surface area (Å²) in [6, 6.07) is 1.02. The van der Waals surface area contributed by atoms with E-state index in [2.05, 4.69) is 30.7 Å². The molecule has 0 aromatic carbocycles. The average molecular weight is 242 g/mol. The molecule has 0 radical (unpaired) electrons. The van der Waals surface area contributed by atoms with Crippen LogP contribution >= 0.6 is 0 Å². The molecule has 0 aromatic rings. The van der Waals surface area contributed by atoms with Crippen LogP contribution in [0.1, 0.15) is 39.5 Å². The molecule has 0 aromatic heterocycles. The van der Waals surface area contributed by atoms with E-state index < -0.39 is 5.97 Å². The maximum Gasteiger partial charge on any atom is 0.303 e. The summed E-state index contributed by atoms with van der Waals surface area (Å²) >= 11 is 0. The average Bonchev–Trinajstić information content (AvgIpc) is 2.72. The van der Waals surface area contributed by atoms with Gasteiger partial charge in [-0.3, -0.25) is 9.69 Å². The minimum Gasteiger partial charge on any atom is -0.481 e. The first-order valence-electron chi connectivity index (χ1n) is 6.70. The van der Waals surface area contributed by atoms with Gasteiger partial charge in [0.2, 0.25) is 0 Å². The van der Waals surface area contributed by atoms with E-state index in [9.17, 15) is 4.79 Å². The quantitative estimate of drug-likeness (QED) is 0.737. The molecule has 0 spiro atoms. The van der Waals surface area contributed by atoms with Crippen molar-refractivity contribution in [1.82, 2.24) is 9.80 Å². The number of hydrogen-bond acceptors (Lipinski definition) is 3. The van der Waals surface area contributed by atoms with Crippen LogP contribution in [0.25, 0.3) is 0 Å². The molecule has 1 fully saturated rings. The van der Waals surface area contributed by atoms with Crippen molar-refractivity contribution in [3.63, 3.8) is 0 Å². The molecule has 2 unspecified atom stereocenters. The molecule has 0 amide bonds. The highest BCUT2D eigenvalue weighted by Crippen LogP contribution is 2.18. The summed E-state index contributed by atoms with van der Waals surface area (Å²) in [5, 5.41) is 8.68. The van der Waals surface area contributed by atoms with Gasteiger partial charge in [0.15, 0.2) is 0 Å². The third kappa shape index (κ3) is 4.64. The van der Waals surface area contributed by atoms with Gasteiger partial charge in [0.25, 0.3) is 0 Å². The molecule has 0 bridgehead atoms. The summed E-state index contributed by atoms with van der Waals surface area (Å²) in [7, 11) is 2.11. The Bertz CT molecular complexity index is 246. The van der Waals surface area contributed by atoms with Gasteiger partial charge in [0.1, 0.15) is 0 Å². The Morgan fingerprint density at radius 3 is 2.88 bits per heavy atom. The van der Waals surface area contributed by atoms with Crippen molar-refractivity contribution in [2.75, 3.05) is 26.7 Å². The fraction of sp³-hybridized carbons (Fsp3) is 0.923. The molecule has 4 nitrogen and oxygen atoms in total.